The molecule has 2 saturated carbocycles. The Morgan fingerprint density at radius 1 is 1.00 bits per heavy atom. The lowest BCUT2D eigenvalue weighted by Crippen LogP contribution is -2.26. The van der Waals surface area contributed by atoms with Crippen molar-refractivity contribution in [3.63, 3.8) is 0 Å². The lowest BCUT2D eigenvalue weighted by atomic mass is 9.82. The number of nitrogens with two attached hydrogens (primary N) is 1. The van der Waals surface area contributed by atoms with E-state index in [0.717, 1.165) is 37.2 Å². The van der Waals surface area contributed by atoms with Gasteiger partial charge in [-0.25, -0.2) is 9.97 Å². The summed E-state index contributed by atoms with van der Waals surface area (Å²) < 4.78 is 0. The summed E-state index contributed by atoms with van der Waals surface area (Å²) in [6, 6.07) is 2.58. The lowest BCUT2D eigenvalue weighted by Gasteiger charge is -2.28. The third-order valence-corrected chi connectivity index (χ3v) is 4.55. The van der Waals surface area contributed by atoms with Gasteiger partial charge in [0.2, 0.25) is 0 Å². The lowest BCUT2D eigenvalue weighted by molar-refractivity contribution is 0.376. The first kappa shape index (κ1) is 12.1. The van der Waals surface area contributed by atoms with Gasteiger partial charge in [0.15, 0.2) is 0 Å². The quantitative estimate of drug-likeness (QED) is 0.871. The number of hydrogen-bond donors (Lipinski definition) is 1. The molecule has 1 aromatic heterocycles. The van der Waals surface area contributed by atoms with E-state index in [1.54, 1.807) is 0 Å². The summed E-state index contributed by atoms with van der Waals surface area (Å²) in [5.74, 6) is 2.34. The Labute approximate surface area is 109 Å². The molecule has 2 N–H and O–H groups in total. The fourth-order valence-electron chi connectivity index (χ4n) is 3.09. The van der Waals surface area contributed by atoms with E-state index < -0.39 is 0 Å². The van der Waals surface area contributed by atoms with Gasteiger partial charge in [-0.15, -0.1) is 0 Å². The standard InChI is InChI=1S/C15H23N3/c1-10-9-14(11-3-2-4-11)18-15(17-10)12-5-7-13(16)8-6-12/h9,11-13H,2-8,16H2,1H3. The molecule has 0 amide bonds. The van der Waals surface area contributed by atoms with Gasteiger partial charge >= 0.3 is 0 Å². The largest absolute Gasteiger partial charge is 0.328 e. The molecule has 2 aliphatic carbocycles. The Balaban J connectivity index is 1.80. The van der Waals surface area contributed by atoms with E-state index in [1.165, 1.54) is 25.0 Å². The molecule has 98 valence electrons. The van der Waals surface area contributed by atoms with Gasteiger partial charge in [-0.2, -0.15) is 0 Å². The van der Waals surface area contributed by atoms with Crippen LogP contribution in [0.5, 0.6) is 0 Å². The van der Waals surface area contributed by atoms with E-state index in [2.05, 4.69) is 18.0 Å². The number of aryl methyl sites for hydroxylation is 1. The second-order valence-electron chi connectivity index (χ2n) is 6.03. The Kier molecular flexibility index (Phi) is 3.33. The van der Waals surface area contributed by atoms with Crippen LogP contribution < -0.4 is 5.73 Å². The van der Waals surface area contributed by atoms with Crippen molar-refractivity contribution < 1.29 is 0 Å². The molecule has 0 unspecified atom stereocenters. The fraction of sp³-hybridized carbons (Fsp3) is 0.733. The summed E-state index contributed by atoms with van der Waals surface area (Å²) >= 11 is 0. The van der Waals surface area contributed by atoms with E-state index in [1.807, 2.05) is 0 Å². The fourth-order valence-corrected chi connectivity index (χ4v) is 3.09. The van der Waals surface area contributed by atoms with Crippen molar-refractivity contribution in [1.29, 1.82) is 0 Å². The molecule has 3 rings (SSSR count). The molecule has 0 aromatic carbocycles. The maximum Gasteiger partial charge on any atom is 0.131 e. The Morgan fingerprint density at radius 2 is 1.72 bits per heavy atom. The van der Waals surface area contributed by atoms with Crippen molar-refractivity contribution >= 4 is 0 Å². The average molecular weight is 245 g/mol. The molecule has 0 radical (unpaired) electrons. The molecular formula is C15H23N3. The minimum absolute atomic E-state index is 0.400. The van der Waals surface area contributed by atoms with E-state index in [0.29, 0.717) is 17.9 Å². The second-order valence-corrected chi connectivity index (χ2v) is 6.03. The van der Waals surface area contributed by atoms with Crippen LogP contribution in [0.25, 0.3) is 0 Å². The predicted octanol–water partition coefficient (Wildman–Crippen LogP) is 3.04. The van der Waals surface area contributed by atoms with Crippen LogP contribution in [0.15, 0.2) is 6.07 Å². The number of nitrogens with zero attached hydrogens (tertiary/aromatic N) is 2. The smallest absolute Gasteiger partial charge is 0.131 e. The molecule has 2 fully saturated rings. The van der Waals surface area contributed by atoms with E-state index >= 15 is 0 Å². The highest BCUT2D eigenvalue weighted by molar-refractivity contribution is 5.18. The number of aromatic nitrogens is 2. The van der Waals surface area contributed by atoms with Crippen molar-refractivity contribution in [1.82, 2.24) is 9.97 Å². The summed E-state index contributed by atoms with van der Waals surface area (Å²) in [6.45, 7) is 2.10. The normalized spacial score (nSPS) is 29.0. The maximum absolute atomic E-state index is 5.97. The van der Waals surface area contributed by atoms with E-state index in [-0.39, 0.29) is 0 Å². The zero-order valence-electron chi connectivity index (χ0n) is 11.2. The van der Waals surface area contributed by atoms with Gasteiger partial charge in [0.05, 0.1) is 0 Å². The van der Waals surface area contributed by atoms with Gasteiger partial charge in [0.25, 0.3) is 0 Å². The predicted molar refractivity (Wildman–Crippen MR) is 72.5 cm³/mol. The van der Waals surface area contributed by atoms with Gasteiger partial charge in [0.1, 0.15) is 5.82 Å². The van der Waals surface area contributed by atoms with Crippen molar-refractivity contribution in [2.75, 3.05) is 0 Å². The first-order chi connectivity index (χ1) is 8.72. The van der Waals surface area contributed by atoms with Gasteiger partial charge in [-0.05, 0) is 51.5 Å². The first-order valence-electron chi connectivity index (χ1n) is 7.33. The van der Waals surface area contributed by atoms with Gasteiger partial charge in [0, 0.05) is 29.3 Å². The van der Waals surface area contributed by atoms with Gasteiger partial charge in [-0.3, -0.25) is 0 Å². The number of hydrogen-bond acceptors (Lipinski definition) is 3. The Bertz CT molecular complexity index is 418. The molecule has 0 bridgehead atoms. The van der Waals surface area contributed by atoms with Crippen LogP contribution in [0.1, 0.15) is 74.0 Å². The SMILES string of the molecule is Cc1cc(C2CCC2)nc(C2CCC(N)CC2)n1. The van der Waals surface area contributed by atoms with Crippen molar-refractivity contribution in [2.45, 2.75) is 69.7 Å². The minimum Gasteiger partial charge on any atom is -0.328 e. The highest BCUT2D eigenvalue weighted by Crippen LogP contribution is 2.37. The molecule has 1 heterocycles. The molecule has 2 aliphatic rings. The summed E-state index contributed by atoms with van der Waals surface area (Å²) in [7, 11) is 0. The maximum atomic E-state index is 5.97. The van der Waals surface area contributed by atoms with Crippen LogP contribution in [0.2, 0.25) is 0 Å². The zero-order chi connectivity index (χ0) is 12.5. The highest BCUT2D eigenvalue weighted by Gasteiger charge is 2.25. The summed E-state index contributed by atoms with van der Waals surface area (Å²) in [6.07, 6.45) is 8.56. The summed E-state index contributed by atoms with van der Waals surface area (Å²) in [4.78, 5) is 9.52. The monoisotopic (exact) mass is 245 g/mol. The average Bonchev–Trinajstić information content (AvgIpc) is 2.26. The zero-order valence-corrected chi connectivity index (χ0v) is 11.2. The molecule has 3 nitrogen and oxygen atoms in total. The molecule has 0 saturated heterocycles. The molecule has 0 atom stereocenters. The Hall–Kier alpha value is -0.960. The van der Waals surface area contributed by atoms with E-state index in [9.17, 15) is 0 Å². The van der Waals surface area contributed by atoms with Crippen LogP contribution in [0, 0.1) is 6.92 Å². The van der Waals surface area contributed by atoms with Crippen LogP contribution in [-0.4, -0.2) is 16.0 Å². The second kappa shape index (κ2) is 4.96. The van der Waals surface area contributed by atoms with Crippen molar-refractivity contribution in [3.05, 3.63) is 23.3 Å². The third kappa shape index (κ3) is 2.41. The molecule has 1 aromatic rings. The molecule has 18 heavy (non-hydrogen) atoms. The van der Waals surface area contributed by atoms with Gasteiger partial charge in [-0.1, -0.05) is 6.42 Å². The summed E-state index contributed by atoms with van der Waals surface area (Å²) in [5, 5.41) is 0. The van der Waals surface area contributed by atoms with Crippen LogP contribution in [-0.2, 0) is 0 Å². The summed E-state index contributed by atoms with van der Waals surface area (Å²) in [5.41, 5.74) is 8.40. The van der Waals surface area contributed by atoms with E-state index in [4.69, 9.17) is 10.7 Å². The Morgan fingerprint density at radius 3 is 2.33 bits per heavy atom. The van der Waals surface area contributed by atoms with Crippen LogP contribution in [0.4, 0.5) is 0 Å². The van der Waals surface area contributed by atoms with Crippen molar-refractivity contribution in [3.8, 4) is 0 Å². The highest BCUT2D eigenvalue weighted by atomic mass is 14.9. The van der Waals surface area contributed by atoms with Crippen LogP contribution in [0.3, 0.4) is 0 Å². The van der Waals surface area contributed by atoms with Gasteiger partial charge < -0.3 is 5.73 Å². The molecular weight excluding hydrogens is 222 g/mol. The molecule has 0 spiro atoms. The first-order valence-corrected chi connectivity index (χ1v) is 7.33. The minimum atomic E-state index is 0.400. The van der Waals surface area contributed by atoms with Crippen LogP contribution >= 0.6 is 0 Å². The number of rotatable bonds is 2. The van der Waals surface area contributed by atoms with Crippen molar-refractivity contribution in [2.24, 2.45) is 5.73 Å². The molecule has 3 heteroatoms. The molecule has 0 aliphatic heterocycles. The third-order valence-electron chi connectivity index (χ3n) is 4.55. The topological polar surface area (TPSA) is 51.8 Å².